The van der Waals surface area contributed by atoms with E-state index < -0.39 is 5.60 Å². The molecule has 0 N–H and O–H groups in total. The fourth-order valence-corrected chi connectivity index (χ4v) is 4.46. The zero-order valence-electron chi connectivity index (χ0n) is 14.1. The second-order valence-corrected chi connectivity index (χ2v) is 8.50. The van der Waals surface area contributed by atoms with Crippen LogP contribution in [0.15, 0.2) is 26.1 Å². The van der Waals surface area contributed by atoms with Crippen molar-refractivity contribution in [1.82, 2.24) is 4.90 Å². The summed E-state index contributed by atoms with van der Waals surface area (Å²) in [4.78, 5) is 15.2. The molecule has 1 saturated heterocycles. The minimum Gasteiger partial charge on any atom is -0.444 e. The maximum Gasteiger partial charge on any atom is 0.410 e. The summed E-state index contributed by atoms with van der Waals surface area (Å²) in [5.41, 5.74) is -0.450. The molecule has 1 amide bonds. The van der Waals surface area contributed by atoms with E-state index in [1.54, 1.807) is 23.3 Å². The molecule has 0 bridgehead atoms. The van der Waals surface area contributed by atoms with Gasteiger partial charge in [-0.25, -0.2) is 4.79 Å². The van der Waals surface area contributed by atoms with Gasteiger partial charge in [-0.2, -0.15) is 10.2 Å². The third kappa shape index (κ3) is 5.01. The zero-order valence-corrected chi connectivity index (χ0v) is 16.5. The lowest BCUT2D eigenvalue weighted by molar-refractivity contribution is 0.0174. The van der Waals surface area contributed by atoms with Crippen molar-refractivity contribution in [3.63, 3.8) is 0 Å². The Labute approximate surface area is 150 Å². The van der Waals surface area contributed by atoms with Crippen LogP contribution in [-0.4, -0.2) is 36.7 Å². The Bertz CT molecular complexity index is 560. The summed E-state index contributed by atoms with van der Waals surface area (Å²) in [5, 5.41) is 10.5. The summed E-state index contributed by atoms with van der Waals surface area (Å²) in [6, 6.07) is 2.11. The molecule has 5 nitrogen and oxygen atoms in total. The Hall–Kier alpha value is -0.950. The van der Waals surface area contributed by atoms with Crippen molar-refractivity contribution in [3.05, 3.63) is 20.8 Å². The molecule has 2 rings (SSSR count). The Balaban J connectivity index is 1.99. The van der Waals surface area contributed by atoms with E-state index in [2.05, 4.69) is 31.5 Å². The summed E-state index contributed by atoms with van der Waals surface area (Å²) in [6.45, 7) is 7.09. The molecule has 1 fully saturated rings. The number of carbonyl (C=O) groups excluding carboxylic acids is 1. The van der Waals surface area contributed by atoms with E-state index in [4.69, 9.17) is 4.74 Å². The zero-order chi connectivity index (χ0) is 17.0. The van der Waals surface area contributed by atoms with Gasteiger partial charge in [0, 0.05) is 29.5 Å². The fraction of sp³-hybridized carbons (Fsp3) is 0.688. The van der Waals surface area contributed by atoms with E-state index in [1.165, 1.54) is 4.88 Å². The van der Waals surface area contributed by atoms with Gasteiger partial charge in [-0.15, -0.1) is 11.3 Å². The Morgan fingerprint density at radius 2 is 2.09 bits per heavy atom. The number of likely N-dealkylation sites (tertiary alicyclic amines) is 1. The molecule has 0 radical (unpaired) electrons. The first kappa shape index (κ1) is 18.4. The molecule has 0 saturated carbocycles. The summed E-state index contributed by atoms with van der Waals surface area (Å²) >= 11 is 5.30. The van der Waals surface area contributed by atoms with Gasteiger partial charge in [0.2, 0.25) is 0 Å². The number of nitrogens with zero attached hydrogens (tertiary/aromatic N) is 3. The van der Waals surface area contributed by atoms with Gasteiger partial charge in [-0.05, 0) is 66.9 Å². The Morgan fingerprint density at radius 3 is 2.57 bits per heavy atom. The van der Waals surface area contributed by atoms with Crippen molar-refractivity contribution in [3.8, 4) is 0 Å². The van der Waals surface area contributed by atoms with Gasteiger partial charge < -0.3 is 9.64 Å². The number of ether oxygens (including phenoxy) is 1. The van der Waals surface area contributed by atoms with Gasteiger partial charge in [0.1, 0.15) is 11.6 Å². The maximum absolute atomic E-state index is 12.2. The quantitative estimate of drug-likeness (QED) is 0.646. The number of piperidine rings is 1. The second-order valence-electron chi connectivity index (χ2n) is 6.70. The summed E-state index contributed by atoms with van der Waals surface area (Å²) in [7, 11) is 1.71. The average molecular weight is 402 g/mol. The van der Waals surface area contributed by atoms with Gasteiger partial charge in [0.05, 0.1) is 0 Å². The van der Waals surface area contributed by atoms with Crippen LogP contribution in [0.5, 0.6) is 0 Å². The molecular weight excluding hydrogens is 378 g/mol. The lowest BCUT2D eigenvalue weighted by Crippen LogP contribution is -2.42. The minimum atomic E-state index is -0.450. The molecule has 1 aromatic heterocycles. The van der Waals surface area contributed by atoms with Gasteiger partial charge in [-0.3, -0.25) is 0 Å². The summed E-state index contributed by atoms with van der Waals surface area (Å²) in [5.74, 6) is 0.396. The van der Waals surface area contributed by atoms with E-state index in [1.807, 2.05) is 26.8 Å². The number of hydrogen-bond donors (Lipinski definition) is 0. The van der Waals surface area contributed by atoms with Crippen molar-refractivity contribution in [2.75, 3.05) is 20.1 Å². The topological polar surface area (TPSA) is 54.3 Å². The fourth-order valence-electron chi connectivity index (χ4n) is 2.73. The van der Waals surface area contributed by atoms with Crippen LogP contribution >= 0.6 is 27.3 Å². The molecule has 128 valence electrons. The number of rotatable bonds is 3. The highest BCUT2D eigenvalue weighted by Crippen LogP contribution is 2.40. The Morgan fingerprint density at radius 1 is 1.43 bits per heavy atom. The first-order valence-electron chi connectivity index (χ1n) is 7.81. The normalized spacial score (nSPS) is 18.4. The third-order valence-electron chi connectivity index (χ3n) is 3.79. The number of hydrogen-bond acceptors (Lipinski definition) is 5. The molecule has 2 heterocycles. The van der Waals surface area contributed by atoms with Gasteiger partial charge in [-0.1, -0.05) is 0 Å². The smallest absolute Gasteiger partial charge is 0.410 e. The van der Waals surface area contributed by atoms with E-state index in [9.17, 15) is 4.79 Å². The van der Waals surface area contributed by atoms with Crippen molar-refractivity contribution in [2.45, 2.75) is 45.3 Å². The molecule has 0 spiro atoms. The largest absolute Gasteiger partial charge is 0.444 e. The molecule has 1 aliphatic rings. The number of halogens is 1. The number of amides is 1. The molecule has 1 aromatic rings. The average Bonchev–Trinajstić information content (AvgIpc) is 2.89. The van der Waals surface area contributed by atoms with E-state index in [-0.39, 0.29) is 12.1 Å². The molecule has 1 aliphatic heterocycles. The minimum absolute atomic E-state index is 0.0650. The predicted molar refractivity (Wildman–Crippen MR) is 96.1 cm³/mol. The van der Waals surface area contributed by atoms with Crippen LogP contribution in [0.1, 0.15) is 44.5 Å². The molecule has 1 atom stereocenters. The SMILES string of the molecule is CN=NC(c1sccc1Br)C1CCN(C(=O)OC(C)(C)C)CC1. The first-order valence-corrected chi connectivity index (χ1v) is 9.49. The lowest BCUT2D eigenvalue weighted by atomic mass is 9.89. The van der Waals surface area contributed by atoms with Crippen LogP contribution in [0, 0.1) is 5.92 Å². The third-order valence-corrected chi connectivity index (χ3v) is 5.73. The first-order chi connectivity index (χ1) is 10.8. The van der Waals surface area contributed by atoms with E-state index in [0.717, 1.165) is 17.3 Å². The summed E-state index contributed by atoms with van der Waals surface area (Å²) < 4.78 is 6.54. The van der Waals surface area contributed by atoms with Gasteiger partial charge in [0.25, 0.3) is 0 Å². The maximum atomic E-state index is 12.2. The van der Waals surface area contributed by atoms with Crippen molar-refractivity contribution in [2.24, 2.45) is 16.1 Å². The highest BCUT2D eigenvalue weighted by atomic mass is 79.9. The number of thiophene rings is 1. The molecule has 1 unspecified atom stereocenters. The van der Waals surface area contributed by atoms with Crippen LogP contribution in [0.25, 0.3) is 0 Å². The van der Waals surface area contributed by atoms with Crippen LogP contribution in [0.4, 0.5) is 4.79 Å². The highest BCUT2D eigenvalue weighted by molar-refractivity contribution is 9.10. The second kappa shape index (κ2) is 7.75. The van der Waals surface area contributed by atoms with E-state index in [0.29, 0.717) is 19.0 Å². The molecule has 23 heavy (non-hydrogen) atoms. The molecule has 0 aliphatic carbocycles. The number of azo groups is 1. The Kier molecular flexibility index (Phi) is 6.19. The monoisotopic (exact) mass is 401 g/mol. The van der Waals surface area contributed by atoms with Crippen molar-refractivity contribution >= 4 is 33.4 Å². The van der Waals surface area contributed by atoms with Crippen LogP contribution in [0.3, 0.4) is 0 Å². The molecule has 7 heteroatoms. The van der Waals surface area contributed by atoms with Crippen LogP contribution in [-0.2, 0) is 4.74 Å². The standard InChI is InChI=1S/C16H24BrN3O2S/c1-16(2,3)22-15(21)20-8-5-11(6-9-20)13(19-18-4)14-12(17)7-10-23-14/h7,10-11,13H,5-6,8-9H2,1-4H3. The van der Waals surface area contributed by atoms with E-state index >= 15 is 0 Å². The summed E-state index contributed by atoms with van der Waals surface area (Å²) in [6.07, 6.45) is 1.60. The molecular formula is C16H24BrN3O2S. The van der Waals surface area contributed by atoms with Gasteiger partial charge >= 0.3 is 6.09 Å². The molecule has 0 aromatic carbocycles. The predicted octanol–water partition coefficient (Wildman–Crippen LogP) is 5.28. The van der Waals surface area contributed by atoms with Gasteiger partial charge in [0.15, 0.2) is 0 Å². The van der Waals surface area contributed by atoms with Crippen LogP contribution in [0.2, 0.25) is 0 Å². The van der Waals surface area contributed by atoms with Crippen molar-refractivity contribution < 1.29 is 9.53 Å². The highest BCUT2D eigenvalue weighted by Gasteiger charge is 2.32. The number of carbonyl (C=O) groups is 1. The lowest BCUT2D eigenvalue weighted by Gasteiger charge is -2.35. The van der Waals surface area contributed by atoms with Crippen molar-refractivity contribution in [1.29, 1.82) is 0 Å². The van der Waals surface area contributed by atoms with Crippen LogP contribution < -0.4 is 0 Å².